The van der Waals surface area contributed by atoms with Crippen LogP contribution in [0.3, 0.4) is 0 Å². The predicted octanol–water partition coefficient (Wildman–Crippen LogP) is 0.368. The first-order chi connectivity index (χ1) is 12.4. The molecule has 2 aromatic heterocycles. The van der Waals surface area contributed by atoms with Gasteiger partial charge in [0.05, 0.1) is 30.2 Å². The summed E-state index contributed by atoms with van der Waals surface area (Å²) in [7, 11) is 7.30. The summed E-state index contributed by atoms with van der Waals surface area (Å²) in [5.74, 6) is 0.428. The number of nitrogens with one attached hydrogen (secondary N) is 1. The van der Waals surface area contributed by atoms with Crippen molar-refractivity contribution in [3.8, 4) is 0 Å². The maximum atomic E-state index is 12.6. The van der Waals surface area contributed by atoms with Crippen LogP contribution in [0.4, 0.5) is 5.82 Å². The maximum Gasteiger partial charge on any atom is 0.271 e. The molecule has 1 aliphatic heterocycles. The summed E-state index contributed by atoms with van der Waals surface area (Å²) in [6.07, 6.45) is 5.66. The van der Waals surface area contributed by atoms with E-state index < -0.39 is 0 Å². The van der Waals surface area contributed by atoms with Gasteiger partial charge in [-0.2, -0.15) is 5.10 Å². The smallest absolute Gasteiger partial charge is 0.271 e. The van der Waals surface area contributed by atoms with Gasteiger partial charge in [0.2, 0.25) is 5.91 Å². The first kappa shape index (κ1) is 17.8. The highest BCUT2D eigenvalue weighted by Crippen LogP contribution is 2.30. The number of hydrogen-bond donors (Lipinski definition) is 1. The topological polar surface area (TPSA) is 96.3 Å². The molecule has 3 heterocycles. The molecule has 2 aromatic rings. The van der Waals surface area contributed by atoms with Crippen LogP contribution < -0.4 is 10.2 Å². The second-order valence-corrected chi connectivity index (χ2v) is 6.60. The molecule has 0 aliphatic carbocycles. The third kappa shape index (κ3) is 3.37. The van der Waals surface area contributed by atoms with E-state index in [-0.39, 0.29) is 29.6 Å². The number of carbonyl (C=O) groups is 2. The Morgan fingerprint density at radius 2 is 2.04 bits per heavy atom. The van der Waals surface area contributed by atoms with Crippen molar-refractivity contribution in [1.29, 1.82) is 0 Å². The quantitative estimate of drug-likeness (QED) is 0.849. The Kier molecular flexibility index (Phi) is 4.88. The molecule has 0 unspecified atom stereocenters. The molecular formula is C17H23N7O2. The van der Waals surface area contributed by atoms with E-state index in [1.54, 1.807) is 29.0 Å². The number of likely N-dealkylation sites (N-methyl/N-ethyl adjacent to an activating group) is 1. The summed E-state index contributed by atoms with van der Waals surface area (Å²) in [4.78, 5) is 36.7. The highest BCUT2D eigenvalue weighted by molar-refractivity contribution is 5.92. The minimum absolute atomic E-state index is 0.0526. The molecule has 0 aromatic carbocycles. The number of carbonyl (C=O) groups excluding carboxylic acids is 2. The van der Waals surface area contributed by atoms with Gasteiger partial charge in [0.1, 0.15) is 11.5 Å². The number of nitrogens with zero attached hydrogens (tertiary/aromatic N) is 6. The zero-order chi connectivity index (χ0) is 18.8. The van der Waals surface area contributed by atoms with Crippen molar-refractivity contribution in [3.05, 3.63) is 36.0 Å². The van der Waals surface area contributed by atoms with Crippen LogP contribution in [0, 0.1) is 0 Å². The molecule has 0 saturated carbocycles. The molecule has 9 heteroatoms. The van der Waals surface area contributed by atoms with Crippen molar-refractivity contribution in [2.24, 2.45) is 7.05 Å². The lowest BCUT2D eigenvalue weighted by molar-refractivity contribution is -0.136. The van der Waals surface area contributed by atoms with E-state index in [0.29, 0.717) is 18.7 Å². The van der Waals surface area contributed by atoms with E-state index in [1.165, 1.54) is 6.20 Å². The zero-order valence-corrected chi connectivity index (χ0v) is 15.4. The highest BCUT2D eigenvalue weighted by atomic mass is 16.2. The molecule has 26 heavy (non-hydrogen) atoms. The summed E-state index contributed by atoms with van der Waals surface area (Å²) in [5.41, 5.74) is 1.12. The van der Waals surface area contributed by atoms with Crippen LogP contribution in [0.5, 0.6) is 0 Å². The van der Waals surface area contributed by atoms with E-state index in [1.807, 2.05) is 32.1 Å². The monoisotopic (exact) mass is 357 g/mol. The van der Waals surface area contributed by atoms with Gasteiger partial charge >= 0.3 is 0 Å². The van der Waals surface area contributed by atoms with Gasteiger partial charge < -0.3 is 15.1 Å². The molecular weight excluding hydrogens is 334 g/mol. The second-order valence-electron chi connectivity index (χ2n) is 6.60. The minimum Gasteiger partial charge on any atom is -0.361 e. The van der Waals surface area contributed by atoms with E-state index in [4.69, 9.17) is 0 Å². The van der Waals surface area contributed by atoms with Crippen LogP contribution in [-0.4, -0.2) is 63.6 Å². The molecule has 0 radical (unpaired) electrons. The number of aryl methyl sites for hydroxylation is 1. The SMILES string of the molecule is CN(C)c1cnc(C(=O)N[C@@H]2CCC(=O)N(C)[C@H]2c2ccnn2C)cn1. The van der Waals surface area contributed by atoms with Gasteiger partial charge in [-0.25, -0.2) is 9.97 Å². The summed E-state index contributed by atoms with van der Waals surface area (Å²) in [6.45, 7) is 0. The van der Waals surface area contributed by atoms with Crippen LogP contribution in [-0.2, 0) is 11.8 Å². The number of anilines is 1. The van der Waals surface area contributed by atoms with Gasteiger partial charge in [-0.3, -0.25) is 14.3 Å². The Labute approximate surface area is 152 Å². The molecule has 1 fully saturated rings. The minimum atomic E-state index is -0.303. The van der Waals surface area contributed by atoms with Gasteiger partial charge in [-0.1, -0.05) is 0 Å². The van der Waals surface area contributed by atoms with Crippen LogP contribution in [0.15, 0.2) is 24.7 Å². The first-order valence-corrected chi connectivity index (χ1v) is 8.42. The van der Waals surface area contributed by atoms with Crippen molar-refractivity contribution < 1.29 is 9.59 Å². The van der Waals surface area contributed by atoms with Crippen LogP contribution >= 0.6 is 0 Å². The lowest BCUT2D eigenvalue weighted by Gasteiger charge is -2.39. The highest BCUT2D eigenvalue weighted by Gasteiger charge is 2.37. The van der Waals surface area contributed by atoms with Crippen LogP contribution in [0.1, 0.15) is 35.1 Å². The standard InChI is InChI=1S/C17H23N7O2/c1-22(2)14-10-18-12(9-19-14)17(26)21-11-5-6-15(25)23(3)16(11)13-7-8-20-24(13)4/h7-11,16H,5-6H2,1-4H3,(H,21,26)/t11-,16-/m1/s1. The summed E-state index contributed by atoms with van der Waals surface area (Å²) in [6, 6.07) is 1.36. The third-order valence-corrected chi connectivity index (χ3v) is 4.67. The molecule has 138 valence electrons. The van der Waals surface area contributed by atoms with E-state index >= 15 is 0 Å². The van der Waals surface area contributed by atoms with Crippen molar-refractivity contribution in [1.82, 2.24) is 30.0 Å². The Morgan fingerprint density at radius 3 is 2.62 bits per heavy atom. The third-order valence-electron chi connectivity index (χ3n) is 4.67. The maximum absolute atomic E-state index is 12.6. The lowest BCUT2D eigenvalue weighted by Crippen LogP contribution is -2.51. The average Bonchev–Trinajstić information content (AvgIpc) is 3.04. The zero-order valence-electron chi connectivity index (χ0n) is 15.4. The van der Waals surface area contributed by atoms with E-state index in [0.717, 1.165) is 5.69 Å². The normalized spacial score (nSPS) is 20.2. The fourth-order valence-electron chi connectivity index (χ4n) is 3.18. The first-order valence-electron chi connectivity index (χ1n) is 8.42. The molecule has 1 N–H and O–H groups in total. The van der Waals surface area contributed by atoms with Gasteiger partial charge in [0, 0.05) is 40.8 Å². The van der Waals surface area contributed by atoms with Crippen molar-refractivity contribution in [3.63, 3.8) is 0 Å². The fraction of sp³-hybridized carbons (Fsp3) is 0.471. The number of amides is 2. The molecule has 2 atom stereocenters. The van der Waals surface area contributed by atoms with Gasteiger partial charge in [0.15, 0.2) is 0 Å². The number of piperidine rings is 1. The number of aromatic nitrogens is 4. The number of hydrogen-bond acceptors (Lipinski definition) is 6. The lowest BCUT2D eigenvalue weighted by atomic mass is 9.93. The van der Waals surface area contributed by atoms with Gasteiger partial charge in [-0.15, -0.1) is 0 Å². The van der Waals surface area contributed by atoms with Crippen molar-refractivity contribution in [2.45, 2.75) is 24.9 Å². The van der Waals surface area contributed by atoms with E-state index in [2.05, 4.69) is 20.4 Å². The Bertz CT molecular complexity index is 800. The summed E-state index contributed by atoms with van der Waals surface area (Å²) >= 11 is 0. The average molecular weight is 357 g/mol. The molecule has 0 bridgehead atoms. The van der Waals surface area contributed by atoms with Crippen molar-refractivity contribution >= 4 is 17.6 Å². The van der Waals surface area contributed by atoms with Gasteiger partial charge in [-0.05, 0) is 12.5 Å². The summed E-state index contributed by atoms with van der Waals surface area (Å²) in [5, 5.41) is 7.20. The number of likely N-dealkylation sites (tertiary alicyclic amines) is 1. The molecule has 1 saturated heterocycles. The van der Waals surface area contributed by atoms with Gasteiger partial charge in [0.25, 0.3) is 5.91 Å². The number of rotatable bonds is 4. The largest absolute Gasteiger partial charge is 0.361 e. The Hall–Kier alpha value is -2.97. The van der Waals surface area contributed by atoms with Crippen LogP contribution in [0.2, 0.25) is 0 Å². The summed E-state index contributed by atoms with van der Waals surface area (Å²) < 4.78 is 1.73. The molecule has 9 nitrogen and oxygen atoms in total. The van der Waals surface area contributed by atoms with Crippen molar-refractivity contribution in [2.75, 3.05) is 26.0 Å². The Balaban J connectivity index is 1.81. The fourth-order valence-corrected chi connectivity index (χ4v) is 3.18. The molecule has 2 amide bonds. The predicted molar refractivity (Wildman–Crippen MR) is 95.6 cm³/mol. The molecule has 0 spiro atoms. The van der Waals surface area contributed by atoms with Crippen LogP contribution in [0.25, 0.3) is 0 Å². The second kappa shape index (κ2) is 7.11. The molecule has 3 rings (SSSR count). The van der Waals surface area contributed by atoms with E-state index in [9.17, 15) is 9.59 Å². The Morgan fingerprint density at radius 1 is 1.27 bits per heavy atom. The molecule has 1 aliphatic rings.